The van der Waals surface area contributed by atoms with Crippen molar-refractivity contribution in [3.63, 3.8) is 0 Å². The lowest BCUT2D eigenvalue weighted by atomic mass is 10.1. The summed E-state index contributed by atoms with van der Waals surface area (Å²) in [5, 5.41) is 0. The van der Waals surface area contributed by atoms with Gasteiger partial charge in [0.15, 0.2) is 0 Å². The van der Waals surface area contributed by atoms with Crippen LogP contribution in [0.3, 0.4) is 0 Å². The first-order valence-electron chi connectivity index (χ1n) is 6.19. The Morgan fingerprint density at radius 1 is 1.41 bits per heavy atom. The van der Waals surface area contributed by atoms with Crippen molar-refractivity contribution < 1.29 is 0 Å². The first-order chi connectivity index (χ1) is 8.08. The fraction of sp³-hybridized carbons (Fsp3) is 0.500. The van der Waals surface area contributed by atoms with Crippen molar-refractivity contribution in [3.8, 4) is 0 Å². The van der Waals surface area contributed by atoms with Gasteiger partial charge in [-0.1, -0.05) is 43.4 Å². The number of rotatable bonds is 3. The van der Waals surface area contributed by atoms with Gasteiger partial charge in [0.2, 0.25) is 0 Å². The summed E-state index contributed by atoms with van der Waals surface area (Å²) >= 11 is 5.10. The average Bonchev–Trinajstić information content (AvgIpc) is 2.58. The number of likely N-dealkylation sites (tertiary alicyclic amines) is 1. The van der Waals surface area contributed by atoms with Crippen LogP contribution in [0.1, 0.15) is 31.4 Å². The first-order valence-corrected chi connectivity index (χ1v) is 6.60. The molecule has 17 heavy (non-hydrogen) atoms. The van der Waals surface area contributed by atoms with Crippen molar-refractivity contribution in [1.82, 2.24) is 4.90 Å². The van der Waals surface area contributed by atoms with Gasteiger partial charge in [0.25, 0.3) is 0 Å². The Bertz CT molecular complexity index is 416. The molecule has 1 aliphatic rings. The molecule has 2 N–H and O–H groups in total. The van der Waals surface area contributed by atoms with Gasteiger partial charge >= 0.3 is 0 Å². The maximum Gasteiger partial charge on any atom is 0.104 e. The van der Waals surface area contributed by atoms with Crippen LogP contribution in [0.5, 0.6) is 0 Å². The van der Waals surface area contributed by atoms with Gasteiger partial charge in [0.05, 0.1) is 0 Å². The van der Waals surface area contributed by atoms with Gasteiger partial charge in [0.1, 0.15) is 4.99 Å². The summed E-state index contributed by atoms with van der Waals surface area (Å²) in [6.07, 6.45) is 1.29. The van der Waals surface area contributed by atoms with E-state index in [-0.39, 0.29) is 0 Å². The summed E-state index contributed by atoms with van der Waals surface area (Å²) in [6.45, 7) is 6.74. The number of benzene rings is 1. The van der Waals surface area contributed by atoms with E-state index in [9.17, 15) is 0 Å². The molecule has 1 fully saturated rings. The van der Waals surface area contributed by atoms with Crippen molar-refractivity contribution in [2.45, 2.75) is 32.9 Å². The molecule has 2 unspecified atom stereocenters. The van der Waals surface area contributed by atoms with Crippen LogP contribution in [0.15, 0.2) is 24.3 Å². The molecule has 1 aromatic carbocycles. The predicted octanol–water partition coefficient (Wildman–Crippen LogP) is 2.55. The van der Waals surface area contributed by atoms with E-state index in [0.29, 0.717) is 11.0 Å². The van der Waals surface area contributed by atoms with Gasteiger partial charge in [-0.15, -0.1) is 0 Å². The lowest BCUT2D eigenvalue weighted by Gasteiger charge is -2.22. The smallest absolute Gasteiger partial charge is 0.104 e. The summed E-state index contributed by atoms with van der Waals surface area (Å²) in [7, 11) is 0. The molecule has 0 aromatic heterocycles. The highest BCUT2D eigenvalue weighted by molar-refractivity contribution is 7.80. The largest absolute Gasteiger partial charge is 0.389 e. The lowest BCUT2D eigenvalue weighted by molar-refractivity contribution is 0.256. The minimum Gasteiger partial charge on any atom is -0.389 e. The third-order valence-corrected chi connectivity index (χ3v) is 3.79. The molecule has 0 spiro atoms. The van der Waals surface area contributed by atoms with Crippen LogP contribution in [-0.4, -0.2) is 22.5 Å². The molecule has 2 nitrogen and oxygen atoms in total. The molecular weight excluding hydrogens is 228 g/mol. The van der Waals surface area contributed by atoms with Gasteiger partial charge in [-0.25, -0.2) is 0 Å². The van der Waals surface area contributed by atoms with E-state index >= 15 is 0 Å². The number of thiocarbonyl (C=S) groups is 1. The second-order valence-corrected chi connectivity index (χ2v) is 5.58. The van der Waals surface area contributed by atoms with Crippen LogP contribution < -0.4 is 5.73 Å². The van der Waals surface area contributed by atoms with Crippen LogP contribution in [0, 0.1) is 5.92 Å². The molecule has 92 valence electrons. The maximum absolute atomic E-state index is 5.76. The van der Waals surface area contributed by atoms with Crippen molar-refractivity contribution in [2.24, 2.45) is 11.7 Å². The summed E-state index contributed by atoms with van der Waals surface area (Å²) in [5.41, 5.74) is 8.04. The molecule has 0 saturated carbocycles. The van der Waals surface area contributed by atoms with Crippen LogP contribution in [0.25, 0.3) is 0 Å². The SMILES string of the molecule is CC1CC(C)N(Cc2ccccc2C(N)=S)C1. The molecular formula is C14H20N2S. The second kappa shape index (κ2) is 5.15. The van der Waals surface area contributed by atoms with Crippen LogP contribution >= 0.6 is 12.2 Å². The first kappa shape index (κ1) is 12.5. The van der Waals surface area contributed by atoms with E-state index in [2.05, 4.69) is 30.9 Å². The Labute approximate surface area is 109 Å². The molecule has 2 atom stereocenters. The minimum absolute atomic E-state index is 0.500. The fourth-order valence-corrected chi connectivity index (χ4v) is 2.92. The zero-order chi connectivity index (χ0) is 12.4. The quantitative estimate of drug-likeness (QED) is 0.834. The standard InChI is InChI=1S/C14H20N2S/c1-10-7-11(2)16(8-10)9-12-5-3-4-6-13(12)14(15)17/h3-6,10-11H,7-9H2,1-2H3,(H2,15,17). The lowest BCUT2D eigenvalue weighted by Crippen LogP contribution is -2.28. The number of hydrogen-bond donors (Lipinski definition) is 1. The van der Waals surface area contributed by atoms with Crippen molar-refractivity contribution in [1.29, 1.82) is 0 Å². The Balaban J connectivity index is 2.16. The van der Waals surface area contributed by atoms with E-state index in [1.807, 2.05) is 12.1 Å². The van der Waals surface area contributed by atoms with Crippen LogP contribution in [-0.2, 0) is 6.54 Å². The number of nitrogens with two attached hydrogens (primary N) is 1. The highest BCUT2D eigenvalue weighted by Gasteiger charge is 2.26. The summed E-state index contributed by atoms with van der Waals surface area (Å²) in [5.74, 6) is 0.794. The number of nitrogens with zero attached hydrogens (tertiary/aromatic N) is 1. The monoisotopic (exact) mass is 248 g/mol. The Kier molecular flexibility index (Phi) is 3.79. The molecule has 1 aromatic rings. The topological polar surface area (TPSA) is 29.3 Å². The summed E-state index contributed by atoms with van der Waals surface area (Å²) < 4.78 is 0. The van der Waals surface area contributed by atoms with E-state index in [1.165, 1.54) is 18.5 Å². The molecule has 2 rings (SSSR count). The van der Waals surface area contributed by atoms with Crippen molar-refractivity contribution >= 4 is 17.2 Å². The van der Waals surface area contributed by atoms with E-state index < -0.39 is 0 Å². The predicted molar refractivity (Wildman–Crippen MR) is 76.0 cm³/mol. The second-order valence-electron chi connectivity index (χ2n) is 5.14. The summed E-state index contributed by atoms with van der Waals surface area (Å²) in [6, 6.07) is 8.85. The highest BCUT2D eigenvalue weighted by atomic mass is 32.1. The minimum atomic E-state index is 0.500. The summed E-state index contributed by atoms with van der Waals surface area (Å²) in [4.78, 5) is 3.02. The maximum atomic E-state index is 5.76. The normalized spacial score (nSPS) is 25.1. The third kappa shape index (κ3) is 2.85. The Morgan fingerprint density at radius 2 is 2.12 bits per heavy atom. The van der Waals surface area contributed by atoms with E-state index in [0.717, 1.165) is 18.0 Å². The zero-order valence-corrected chi connectivity index (χ0v) is 11.3. The molecule has 0 radical (unpaired) electrons. The highest BCUT2D eigenvalue weighted by Crippen LogP contribution is 2.25. The third-order valence-electron chi connectivity index (χ3n) is 3.57. The molecule has 0 bridgehead atoms. The fourth-order valence-electron chi connectivity index (χ4n) is 2.72. The van der Waals surface area contributed by atoms with E-state index in [4.69, 9.17) is 18.0 Å². The van der Waals surface area contributed by atoms with Gasteiger partial charge < -0.3 is 5.73 Å². The van der Waals surface area contributed by atoms with Crippen LogP contribution in [0.4, 0.5) is 0 Å². The van der Waals surface area contributed by atoms with Gasteiger partial charge in [-0.3, -0.25) is 4.90 Å². The number of hydrogen-bond acceptors (Lipinski definition) is 2. The zero-order valence-electron chi connectivity index (χ0n) is 10.5. The molecule has 1 saturated heterocycles. The van der Waals surface area contributed by atoms with Crippen LogP contribution in [0.2, 0.25) is 0 Å². The molecule has 0 aliphatic carbocycles. The van der Waals surface area contributed by atoms with Crippen molar-refractivity contribution in [2.75, 3.05) is 6.54 Å². The Morgan fingerprint density at radius 3 is 2.71 bits per heavy atom. The molecule has 1 aliphatic heterocycles. The van der Waals surface area contributed by atoms with E-state index in [1.54, 1.807) is 0 Å². The van der Waals surface area contributed by atoms with Crippen molar-refractivity contribution in [3.05, 3.63) is 35.4 Å². The molecule has 1 heterocycles. The average molecular weight is 248 g/mol. The molecule has 0 amide bonds. The molecule has 3 heteroatoms. The van der Waals surface area contributed by atoms with Gasteiger partial charge in [-0.05, 0) is 24.8 Å². The van der Waals surface area contributed by atoms with Gasteiger partial charge in [-0.2, -0.15) is 0 Å². The Hall–Kier alpha value is -0.930. The van der Waals surface area contributed by atoms with Gasteiger partial charge in [0, 0.05) is 24.7 Å².